The van der Waals surface area contributed by atoms with Crippen molar-refractivity contribution in [1.29, 1.82) is 0 Å². The van der Waals surface area contributed by atoms with Gasteiger partial charge in [-0.2, -0.15) is 4.57 Å². The van der Waals surface area contributed by atoms with Crippen LogP contribution in [-0.2, 0) is 16.0 Å². The molecule has 0 fully saturated rings. The molecule has 1 aliphatic rings. The summed E-state index contributed by atoms with van der Waals surface area (Å²) >= 11 is 6.16. The zero-order chi connectivity index (χ0) is 24.5. The van der Waals surface area contributed by atoms with Gasteiger partial charge in [0.2, 0.25) is 0 Å². The Morgan fingerprint density at radius 3 is 2.23 bits per heavy atom. The molecule has 0 spiro atoms. The van der Waals surface area contributed by atoms with Gasteiger partial charge in [-0.15, -0.1) is 0 Å². The molecule has 0 radical (unpaired) electrons. The van der Waals surface area contributed by atoms with Crippen molar-refractivity contribution in [3.05, 3.63) is 112 Å². The molecule has 8 heteroatoms. The first kappa shape index (κ1) is 22.6. The number of carbonyl (C=O) groups excluding carboxylic acids is 2. The normalized spacial score (nSPS) is 13.7. The number of H-pyrrole nitrogens is 1. The van der Waals surface area contributed by atoms with Crippen LogP contribution in [0.1, 0.15) is 24.6 Å². The van der Waals surface area contributed by atoms with E-state index in [-0.39, 0.29) is 16.8 Å². The van der Waals surface area contributed by atoms with Crippen LogP contribution in [-0.4, -0.2) is 21.6 Å². The lowest BCUT2D eigenvalue weighted by Crippen LogP contribution is -2.39. The van der Waals surface area contributed by atoms with Crippen molar-refractivity contribution in [2.75, 3.05) is 4.90 Å². The number of aromatic amines is 1. The summed E-state index contributed by atoms with van der Waals surface area (Å²) < 4.78 is 3.00. The number of anilines is 1. The largest absolute Gasteiger partial charge is 0.331 e. The van der Waals surface area contributed by atoms with Gasteiger partial charge < -0.3 is 0 Å². The van der Waals surface area contributed by atoms with E-state index in [1.54, 1.807) is 65.5 Å². The number of aromatic nitrogens is 3. The molecule has 174 valence electrons. The van der Waals surface area contributed by atoms with Crippen LogP contribution in [0.5, 0.6) is 0 Å². The minimum Gasteiger partial charge on any atom is -0.294 e. The Morgan fingerprint density at radius 1 is 0.857 bits per heavy atom. The number of imide groups is 1. The lowest BCUT2D eigenvalue weighted by Gasteiger charge is -2.14. The molecule has 2 aromatic carbocycles. The molecule has 35 heavy (non-hydrogen) atoms. The summed E-state index contributed by atoms with van der Waals surface area (Å²) in [5.74, 6) is -1.10. The lowest BCUT2D eigenvalue weighted by atomic mass is 10.0. The maximum atomic E-state index is 13.9. The van der Waals surface area contributed by atoms with Crippen molar-refractivity contribution in [3.8, 4) is 5.69 Å². The van der Waals surface area contributed by atoms with Gasteiger partial charge in [0.05, 0.1) is 16.9 Å². The van der Waals surface area contributed by atoms with Crippen LogP contribution < -0.4 is 15.0 Å². The van der Waals surface area contributed by atoms with Crippen LogP contribution in [0.15, 0.2) is 90.0 Å². The molecule has 2 amide bonds. The van der Waals surface area contributed by atoms with Gasteiger partial charge in [0.25, 0.3) is 17.2 Å². The Hall–Kier alpha value is -4.23. The second-order valence-corrected chi connectivity index (χ2v) is 8.56. The van der Waals surface area contributed by atoms with Crippen molar-refractivity contribution in [2.45, 2.75) is 19.8 Å². The highest BCUT2D eigenvalue weighted by molar-refractivity contribution is 6.53. The molecule has 5 rings (SSSR count). The standard InChI is InChI=1S/C27H21ClN4O3/c1-2-10-21-22(26(34)32(29-21)19-12-5-3-6-13-19)23-24(30-15-7-4-8-16-30)27(35)31(25(23)33)20-14-9-11-18(28)17-20/h3-9,11-17H,2,10H2,1H3/p+1. The van der Waals surface area contributed by atoms with Gasteiger partial charge >= 0.3 is 5.91 Å². The van der Waals surface area contributed by atoms with Crippen molar-refractivity contribution >= 4 is 40.4 Å². The predicted octanol–water partition coefficient (Wildman–Crippen LogP) is 4.00. The zero-order valence-electron chi connectivity index (χ0n) is 18.9. The molecule has 7 nitrogen and oxygen atoms in total. The van der Waals surface area contributed by atoms with Gasteiger partial charge in [0.1, 0.15) is 5.57 Å². The summed E-state index contributed by atoms with van der Waals surface area (Å²) in [4.78, 5) is 42.5. The number of rotatable bonds is 6. The molecular weight excluding hydrogens is 464 g/mol. The summed E-state index contributed by atoms with van der Waals surface area (Å²) in [7, 11) is 0. The highest BCUT2D eigenvalue weighted by atomic mass is 35.5. The molecule has 0 saturated carbocycles. The van der Waals surface area contributed by atoms with E-state index in [0.29, 0.717) is 28.5 Å². The van der Waals surface area contributed by atoms with Gasteiger partial charge in [-0.3, -0.25) is 19.5 Å². The fourth-order valence-electron chi connectivity index (χ4n) is 4.31. The Bertz CT molecular complexity index is 1520. The summed E-state index contributed by atoms with van der Waals surface area (Å²) in [6.07, 6.45) is 4.63. The van der Waals surface area contributed by atoms with E-state index < -0.39 is 17.4 Å². The van der Waals surface area contributed by atoms with Crippen LogP contribution >= 0.6 is 11.6 Å². The Labute approximate surface area is 206 Å². The molecule has 0 atom stereocenters. The second kappa shape index (κ2) is 9.19. The van der Waals surface area contributed by atoms with Gasteiger partial charge in [-0.25, -0.2) is 9.58 Å². The molecule has 1 N–H and O–H groups in total. The van der Waals surface area contributed by atoms with Crippen LogP contribution in [0.3, 0.4) is 0 Å². The van der Waals surface area contributed by atoms with E-state index in [4.69, 9.17) is 11.6 Å². The third-order valence-electron chi connectivity index (χ3n) is 5.83. The summed E-state index contributed by atoms with van der Waals surface area (Å²) in [5.41, 5.74) is 1.56. The Balaban J connectivity index is 1.78. The number of nitrogens with zero attached hydrogens (tertiary/aromatic N) is 3. The average molecular weight is 486 g/mol. The molecule has 0 saturated heterocycles. The maximum Gasteiger partial charge on any atom is 0.331 e. The summed E-state index contributed by atoms with van der Waals surface area (Å²) in [6.45, 7) is 1.99. The maximum absolute atomic E-state index is 13.9. The molecule has 4 aromatic rings. The van der Waals surface area contributed by atoms with E-state index in [1.807, 2.05) is 31.2 Å². The number of hydrogen-bond donors (Lipinski definition) is 1. The summed E-state index contributed by atoms with van der Waals surface area (Å²) in [5, 5.41) is 3.57. The molecule has 0 aliphatic carbocycles. The highest BCUT2D eigenvalue weighted by Crippen LogP contribution is 2.34. The second-order valence-electron chi connectivity index (χ2n) is 8.12. The van der Waals surface area contributed by atoms with Crippen LogP contribution in [0.25, 0.3) is 17.0 Å². The quantitative estimate of drug-likeness (QED) is 0.331. The molecular formula is C27H22ClN4O3+. The van der Waals surface area contributed by atoms with Crippen molar-refractivity contribution < 1.29 is 14.2 Å². The van der Waals surface area contributed by atoms with E-state index >= 15 is 0 Å². The molecule has 1 aliphatic heterocycles. The number of nitrogens with one attached hydrogen (secondary N) is 1. The number of benzene rings is 2. The molecule has 2 aromatic heterocycles. The number of amides is 2. The molecule has 0 bridgehead atoms. The molecule has 0 unspecified atom stereocenters. The minimum atomic E-state index is -0.572. The van der Waals surface area contributed by atoms with Crippen molar-refractivity contribution in [3.63, 3.8) is 0 Å². The number of carbonyl (C=O) groups is 2. The first-order chi connectivity index (χ1) is 17.0. The first-order valence-corrected chi connectivity index (χ1v) is 11.6. The van der Waals surface area contributed by atoms with Crippen molar-refractivity contribution in [2.24, 2.45) is 0 Å². The van der Waals surface area contributed by atoms with Crippen LogP contribution in [0, 0.1) is 0 Å². The number of para-hydroxylation sites is 1. The fraction of sp³-hybridized carbons (Fsp3) is 0.111. The third-order valence-corrected chi connectivity index (χ3v) is 6.06. The number of pyridine rings is 1. The smallest absolute Gasteiger partial charge is 0.294 e. The lowest BCUT2D eigenvalue weighted by molar-refractivity contribution is -0.576. The number of hydrogen-bond acceptors (Lipinski definition) is 3. The average Bonchev–Trinajstić information content (AvgIpc) is 3.32. The predicted molar refractivity (Wildman–Crippen MR) is 134 cm³/mol. The Morgan fingerprint density at radius 2 is 1.54 bits per heavy atom. The summed E-state index contributed by atoms with van der Waals surface area (Å²) in [6, 6.07) is 21.0. The van der Waals surface area contributed by atoms with Gasteiger partial charge in [0.15, 0.2) is 12.4 Å². The third kappa shape index (κ3) is 3.90. The van der Waals surface area contributed by atoms with Crippen LogP contribution in [0.2, 0.25) is 5.02 Å². The monoisotopic (exact) mass is 485 g/mol. The van der Waals surface area contributed by atoms with E-state index in [1.165, 1.54) is 4.68 Å². The van der Waals surface area contributed by atoms with E-state index in [0.717, 1.165) is 11.3 Å². The minimum absolute atomic E-state index is 0.0607. The number of aryl methyl sites for hydroxylation is 1. The highest BCUT2D eigenvalue weighted by Gasteiger charge is 2.48. The first-order valence-electron chi connectivity index (χ1n) is 11.3. The van der Waals surface area contributed by atoms with Gasteiger partial charge in [-0.1, -0.05) is 55.3 Å². The molecule has 3 heterocycles. The van der Waals surface area contributed by atoms with E-state index in [9.17, 15) is 14.4 Å². The topological polar surface area (TPSA) is 79.1 Å². The zero-order valence-corrected chi connectivity index (χ0v) is 19.7. The van der Waals surface area contributed by atoms with Gasteiger partial charge in [-0.05, 0) is 36.8 Å². The van der Waals surface area contributed by atoms with E-state index in [2.05, 4.69) is 5.10 Å². The Kier molecular flexibility index (Phi) is 5.93. The fourth-order valence-corrected chi connectivity index (χ4v) is 4.50. The number of halogens is 1. The van der Waals surface area contributed by atoms with Gasteiger partial charge in [0, 0.05) is 22.8 Å². The van der Waals surface area contributed by atoms with Crippen LogP contribution in [0.4, 0.5) is 5.69 Å². The SMILES string of the molecule is CCCc1[nH]n(-c2ccccc2)c(=O)c1C1=C([n+]2ccccc2)C(=O)N(c2cccc(Cl)c2)C1=O. The van der Waals surface area contributed by atoms with Crippen molar-refractivity contribution in [1.82, 2.24) is 9.78 Å².